The summed E-state index contributed by atoms with van der Waals surface area (Å²) in [7, 11) is -2.34. The maximum atomic E-state index is 15.1. The summed E-state index contributed by atoms with van der Waals surface area (Å²) in [5, 5.41) is -0.719. The van der Waals surface area contributed by atoms with Gasteiger partial charge in [0.25, 0.3) is 5.56 Å². The van der Waals surface area contributed by atoms with Crippen LogP contribution in [0.3, 0.4) is 0 Å². The average Bonchev–Trinajstić information content (AvgIpc) is 3.11. The average molecular weight is 477 g/mol. The highest BCUT2D eigenvalue weighted by molar-refractivity contribution is 7.89. The maximum Gasteiger partial charge on any atom is 0.282 e. The van der Waals surface area contributed by atoms with E-state index in [4.69, 9.17) is 4.52 Å². The molecule has 0 aliphatic carbocycles. The number of nitrogens with zero attached hydrogens (tertiary/aromatic N) is 2. The fourth-order valence-electron chi connectivity index (χ4n) is 4.38. The zero-order valence-corrected chi connectivity index (χ0v) is 19.5. The van der Waals surface area contributed by atoms with Crippen molar-refractivity contribution in [3.05, 3.63) is 93.0 Å². The normalized spacial score (nSPS) is 21.7. The van der Waals surface area contributed by atoms with Gasteiger partial charge in [0.1, 0.15) is 22.6 Å². The van der Waals surface area contributed by atoms with Crippen molar-refractivity contribution in [2.75, 3.05) is 0 Å². The van der Waals surface area contributed by atoms with Crippen molar-refractivity contribution in [2.45, 2.75) is 50.4 Å². The Bertz CT molecular complexity index is 1320. The maximum absolute atomic E-state index is 15.1. The van der Waals surface area contributed by atoms with E-state index in [1.807, 2.05) is 6.07 Å². The number of sulfonamides is 1. The second-order valence-corrected chi connectivity index (χ2v) is 10.6. The Morgan fingerprint density at radius 2 is 1.79 bits per heavy atom. The highest BCUT2D eigenvalue weighted by atomic mass is 32.2. The molecule has 0 radical (unpaired) electrons. The van der Waals surface area contributed by atoms with Gasteiger partial charge in [0, 0.05) is 42.7 Å². The van der Waals surface area contributed by atoms with Crippen molar-refractivity contribution < 1.29 is 21.7 Å². The molecule has 3 atom stereocenters. The first-order valence-electron chi connectivity index (χ1n) is 10.8. The first-order chi connectivity index (χ1) is 15.6. The van der Waals surface area contributed by atoms with Gasteiger partial charge in [0.15, 0.2) is 0 Å². The van der Waals surface area contributed by atoms with E-state index in [1.54, 1.807) is 38.1 Å². The quantitative estimate of drug-likeness (QED) is 0.545. The van der Waals surface area contributed by atoms with E-state index in [1.165, 1.54) is 17.4 Å². The molecule has 1 aliphatic heterocycles. The first-order valence-corrected chi connectivity index (χ1v) is 12.3. The lowest BCUT2D eigenvalue weighted by atomic mass is 9.96. The predicted octanol–water partition coefficient (Wildman–Crippen LogP) is 4.46. The van der Waals surface area contributed by atoms with Crippen LogP contribution in [0.4, 0.5) is 8.78 Å². The van der Waals surface area contributed by atoms with Crippen LogP contribution in [0.25, 0.3) is 0 Å². The molecule has 0 N–H and O–H groups in total. The number of aromatic nitrogens is 1. The summed E-state index contributed by atoms with van der Waals surface area (Å²) >= 11 is 0. The molecule has 3 aromatic rings. The molecule has 9 heteroatoms. The summed E-state index contributed by atoms with van der Waals surface area (Å²) in [6.45, 7) is 3.13. The fraction of sp³-hybridized carbons (Fsp3) is 0.375. The molecular weight excluding hydrogens is 450 g/mol. The predicted molar refractivity (Wildman–Crippen MR) is 120 cm³/mol. The SMILES string of the molecule is CC(c1cc(=O)n(C)o1)c1cc(F)c(CN2[C@@H](C)CCC(c3ccccc3)S2(=O)=O)cc1F. The van der Waals surface area contributed by atoms with Gasteiger partial charge in [-0.3, -0.25) is 4.79 Å². The Balaban J connectivity index is 1.64. The monoisotopic (exact) mass is 476 g/mol. The Morgan fingerprint density at radius 1 is 1.09 bits per heavy atom. The minimum absolute atomic E-state index is 0.0299. The van der Waals surface area contributed by atoms with Crippen molar-refractivity contribution in [1.82, 2.24) is 9.05 Å². The molecule has 1 aliphatic rings. The Hall–Kier alpha value is -2.78. The minimum atomic E-state index is -3.77. The molecule has 1 aromatic heterocycles. The van der Waals surface area contributed by atoms with Crippen LogP contribution >= 0.6 is 0 Å². The van der Waals surface area contributed by atoms with Crippen molar-refractivity contribution >= 4 is 10.0 Å². The standard InChI is InChI=1S/C24H26F2N2O4S/c1-15-9-10-23(17-7-5-4-6-8-17)33(30,31)28(15)14-18-11-21(26)19(12-20(18)25)16(2)22-13-24(29)27(3)32-22/h4-8,11-13,15-16,23H,9-10,14H2,1-3H3/t15-,16?,23?/m0/s1. The molecule has 1 fully saturated rings. The fourth-order valence-corrected chi connectivity index (χ4v) is 6.56. The molecule has 6 nitrogen and oxygen atoms in total. The van der Waals surface area contributed by atoms with Crippen molar-refractivity contribution in [2.24, 2.45) is 7.05 Å². The van der Waals surface area contributed by atoms with E-state index in [0.717, 1.165) is 16.9 Å². The van der Waals surface area contributed by atoms with Crippen LogP contribution in [0.2, 0.25) is 0 Å². The first kappa shape index (κ1) is 23.4. The molecule has 0 bridgehead atoms. The van der Waals surface area contributed by atoms with Gasteiger partial charge >= 0.3 is 0 Å². The molecule has 0 saturated carbocycles. The van der Waals surface area contributed by atoms with Gasteiger partial charge in [-0.15, -0.1) is 0 Å². The van der Waals surface area contributed by atoms with Gasteiger partial charge in [-0.05, 0) is 37.5 Å². The second kappa shape index (κ2) is 8.87. The smallest absolute Gasteiger partial charge is 0.282 e. The van der Waals surface area contributed by atoms with E-state index < -0.39 is 32.8 Å². The minimum Gasteiger partial charge on any atom is -0.381 e. The van der Waals surface area contributed by atoms with Gasteiger partial charge in [0.05, 0.1) is 0 Å². The summed E-state index contributed by atoms with van der Waals surface area (Å²) in [5.41, 5.74) is 0.297. The van der Waals surface area contributed by atoms with Crippen LogP contribution < -0.4 is 5.56 Å². The summed E-state index contributed by atoms with van der Waals surface area (Å²) in [4.78, 5) is 11.7. The van der Waals surface area contributed by atoms with Gasteiger partial charge in [-0.1, -0.05) is 37.3 Å². The third-order valence-corrected chi connectivity index (χ3v) is 8.77. The van der Waals surface area contributed by atoms with Crippen LogP contribution in [0.15, 0.2) is 57.8 Å². The zero-order valence-electron chi connectivity index (χ0n) is 18.7. The molecule has 2 unspecified atom stereocenters. The van der Waals surface area contributed by atoms with Crippen LogP contribution in [0.5, 0.6) is 0 Å². The van der Waals surface area contributed by atoms with E-state index in [-0.39, 0.29) is 35.0 Å². The molecule has 176 valence electrons. The zero-order chi connectivity index (χ0) is 23.9. The van der Waals surface area contributed by atoms with E-state index in [0.29, 0.717) is 18.4 Å². The number of hydrogen-bond donors (Lipinski definition) is 0. The van der Waals surface area contributed by atoms with Crippen LogP contribution in [-0.4, -0.2) is 23.5 Å². The Morgan fingerprint density at radius 3 is 2.42 bits per heavy atom. The number of aryl methyl sites for hydroxylation is 1. The van der Waals surface area contributed by atoms with Crippen LogP contribution in [0, 0.1) is 11.6 Å². The molecule has 2 heterocycles. The Labute approximate surface area is 191 Å². The summed E-state index contributed by atoms with van der Waals surface area (Å²) in [6, 6.07) is 11.9. The lowest BCUT2D eigenvalue weighted by Gasteiger charge is -2.37. The molecule has 1 saturated heterocycles. The topological polar surface area (TPSA) is 72.5 Å². The number of hydrogen-bond acceptors (Lipinski definition) is 4. The number of rotatable bonds is 5. The largest absolute Gasteiger partial charge is 0.381 e. The summed E-state index contributed by atoms with van der Waals surface area (Å²) < 4.78 is 64.4. The number of benzene rings is 2. The van der Waals surface area contributed by atoms with Crippen LogP contribution in [-0.2, 0) is 23.6 Å². The molecule has 0 amide bonds. The van der Waals surface area contributed by atoms with E-state index in [9.17, 15) is 17.6 Å². The van der Waals surface area contributed by atoms with Gasteiger partial charge in [-0.25, -0.2) is 17.2 Å². The third kappa shape index (κ3) is 4.39. The van der Waals surface area contributed by atoms with Gasteiger partial charge < -0.3 is 4.52 Å². The van der Waals surface area contributed by atoms with Gasteiger partial charge in [-0.2, -0.15) is 9.05 Å². The second-order valence-electron chi connectivity index (χ2n) is 8.58. The van der Waals surface area contributed by atoms with E-state index >= 15 is 4.39 Å². The molecule has 2 aromatic carbocycles. The summed E-state index contributed by atoms with van der Waals surface area (Å²) in [5.74, 6) is -1.87. The van der Waals surface area contributed by atoms with Crippen LogP contribution in [0.1, 0.15) is 60.3 Å². The lowest BCUT2D eigenvalue weighted by molar-refractivity contribution is 0.270. The molecule has 0 spiro atoms. The summed E-state index contributed by atoms with van der Waals surface area (Å²) in [6.07, 6.45) is 1.09. The van der Waals surface area contributed by atoms with Crippen molar-refractivity contribution in [3.8, 4) is 0 Å². The van der Waals surface area contributed by atoms with Crippen molar-refractivity contribution in [1.29, 1.82) is 0 Å². The van der Waals surface area contributed by atoms with E-state index in [2.05, 4.69) is 0 Å². The molecule has 33 heavy (non-hydrogen) atoms. The lowest BCUT2D eigenvalue weighted by Crippen LogP contribution is -2.44. The van der Waals surface area contributed by atoms with Gasteiger partial charge in [0.2, 0.25) is 10.0 Å². The molecular formula is C24H26F2N2O4S. The highest BCUT2D eigenvalue weighted by Gasteiger charge is 2.40. The Kier molecular flexibility index (Phi) is 6.28. The van der Waals surface area contributed by atoms with Crippen molar-refractivity contribution in [3.63, 3.8) is 0 Å². The third-order valence-electron chi connectivity index (χ3n) is 6.40. The number of halogens is 2. The highest BCUT2D eigenvalue weighted by Crippen LogP contribution is 2.38. The molecule has 4 rings (SSSR count).